The molecule has 0 aromatic carbocycles. The van der Waals surface area contributed by atoms with Crippen molar-refractivity contribution in [1.82, 2.24) is 9.80 Å². The van der Waals surface area contributed by atoms with Gasteiger partial charge in [0.25, 0.3) is 11.1 Å². The molecular weight excluding hydrogens is 328 g/mol. The quantitative estimate of drug-likeness (QED) is 0.785. The molecule has 1 aromatic rings. The standard InChI is InChI=1S/C17H20N2O4S/c1-11-5-3-4-8-18(11)15(20)10-19-16(21)14(24-17(19)22)9-13-7-6-12(2)23-13/h6-7,9,11H,3-5,8,10H2,1-2H3/b14-9-/t11-/m0/s1. The number of rotatable bonds is 3. The zero-order chi connectivity index (χ0) is 17.3. The summed E-state index contributed by atoms with van der Waals surface area (Å²) in [6.45, 7) is 4.31. The molecule has 0 bridgehead atoms. The van der Waals surface area contributed by atoms with Crippen molar-refractivity contribution in [3.05, 3.63) is 28.6 Å². The Morgan fingerprint density at radius 2 is 2.17 bits per heavy atom. The molecule has 0 radical (unpaired) electrons. The normalized spacial score (nSPS) is 23.4. The molecule has 3 amide bonds. The predicted molar refractivity (Wildman–Crippen MR) is 91.1 cm³/mol. The second-order valence-corrected chi connectivity index (χ2v) is 7.14. The maximum atomic E-state index is 12.5. The first-order valence-electron chi connectivity index (χ1n) is 8.07. The van der Waals surface area contributed by atoms with Gasteiger partial charge in [0, 0.05) is 18.7 Å². The van der Waals surface area contributed by atoms with Gasteiger partial charge in [-0.2, -0.15) is 0 Å². The second kappa shape index (κ2) is 6.84. The second-order valence-electron chi connectivity index (χ2n) is 6.15. The summed E-state index contributed by atoms with van der Waals surface area (Å²) in [4.78, 5) is 40.1. The SMILES string of the molecule is Cc1ccc(/C=C2\SC(=O)N(CC(=O)N3CCCC[C@@H]3C)C2=O)o1. The average Bonchev–Trinajstić information content (AvgIpc) is 3.06. The molecule has 128 valence electrons. The third kappa shape index (κ3) is 3.40. The fraction of sp³-hybridized carbons (Fsp3) is 0.471. The van der Waals surface area contributed by atoms with E-state index < -0.39 is 11.1 Å². The Hall–Kier alpha value is -2.02. The number of carbonyl (C=O) groups is 3. The number of thioether (sulfide) groups is 1. The summed E-state index contributed by atoms with van der Waals surface area (Å²) in [5.41, 5.74) is 0. The predicted octanol–water partition coefficient (Wildman–Crippen LogP) is 3.03. The molecule has 7 heteroatoms. The summed E-state index contributed by atoms with van der Waals surface area (Å²) < 4.78 is 5.41. The molecule has 0 aliphatic carbocycles. The Morgan fingerprint density at radius 3 is 2.83 bits per heavy atom. The summed E-state index contributed by atoms with van der Waals surface area (Å²) in [5, 5.41) is -0.410. The zero-order valence-electron chi connectivity index (χ0n) is 13.8. The minimum Gasteiger partial charge on any atom is -0.462 e. The van der Waals surface area contributed by atoms with E-state index in [-0.39, 0.29) is 23.4 Å². The molecule has 6 nitrogen and oxygen atoms in total. The summed E-state index contributed by atoms with van der Waals surface area (Å²) >= 11 is 0.843. The third-order valence-electron chi connectivity index (χ3n) is 4.32. The van der Waals surface area contributed by atoms with Gasteiger partial charge in [0.05, 0.1) is 4.91 Å². The highest BCUT2D eigenvalue weighted by Crippen LogP contribution is 2.32. The number of carbonyl (C=O) groups excluding carboxylic acids is 3. The van der Waals surface area contributed by atoms with Gasteiger partial charge in [0.15, 0.2) is 0 Å². The lowest BCUT2D eigenvalue weighted by Gasteiger charge is -2.34. The van der Waals surface area contributed by atoms with Gasteiger partial charge in [-0.05, 0) is 57.0 Å². The lowest BCUT2D eigenvalue weighted by molar-refractivity contribution is -0.138. The Labute approximate surface area is 144 Å². The number of nitrogens with zero attached hydrogens (tertiary/aromatic N) is 2. The maximum absolute atomic E-state index is 12.5. The first-order valence-corrected chi connectivity index (χ1v) is 8.88. The number of hydrogen-bond acceptors (Lipinski definition) is 5. The van der Waals surface area contributed by atoms with E-state index in [0.29, 0.717) is 12.3 Å². The van der Waals surface area contributed by atoms with Crippen LogP contribution in [0.4, 0.5) is 4.79 Å². The molecule has 0 unspecified atom stereocenters. The van der Waals surface area contributed by atoms with Gasteiger partial charge in [0.1, 0.15) is 18.1 Å². The molecule has 0 saturated carbocycles. The largest absolute Gasteiger partial charge is 0.462 e. The number of amides is 3. The van der Waals surface area contributed by atoms with Crippen LogP contribution in [0.25, 0.3) is 6.08 Å². The molecule has 2 fully saturated rings. The van der Waals surface area contributed by atoms with Crippen molar-refractivity contribution in [3.8, 4) is 0 Å². The van der Waals surface area contributed by atoms with Gasteiger partial charge < -0.3 is 9.32 Å². The lowest BCUT2D eigenvalue weighted by Crippen LogP contribution is -2.47. The number of aryl methyl sites for hydroxylation is 1. The molecule has 1 atom stereocenters. The van der Waals surface area contributed by atoms with E-state index in [0.717, 1.165) is 41.7 Å². The van der Waals surface area contributed by atoms with Crippen molar-refractivity contribution >= 4 is 34.9 Å². The third-order valence-corrected chi connectivity index (χ3v) is 5.23. The summed E-state index contributed by atoms with van der Waals surface area (Å²) in [6.07, 6.45) is 4.59. The van der Waals surface area contributed by atoms with Crippen LogP contribution in [0.5, 0.6) is 0 Å². The highest BCUT2D eigenvalue weighted by Gasteiger charge is 2.38. The van der Waals surface area contributed by atoms with Crippen molar-refractivity contribution in [2.24, 2.45) is 0 Å². The van der Waals surface area contributed by atoms with Crippen molar-refractivity contribution in [3.63, 3.8) is 0 Å². The summed E-state index contributed by atoms with van der Waals surface area (Å²) in [7, 11) is 0. The number of piperidine rings is 1. The van der Waals surface area contributed by atoms with Crippen LogP contribution in [-0.2, 0) is 9.59 Å². The van der Waals surface area contributed by atoms with Crippen LogP contribution in [0.3, 0.4) is 0 Å². The Morgan fingerprint density at radius 1 is 1.38 bits per heavy atom. The lowest BCUT2D eigenvalue weighted by atomic mass is 10.0. The fourth-order valence-electron chi connectivity index (χ4n) is 2.99. The van der Waals surface area contributed by atoms with Crippen molar-refractivity contribution < 1.29 is 18.8 Å². The molecule has 0 N–H and O–H groups in total. The van der Waals surface area contributed by atoms with Gasteiger partial charge in [-0.3, -0.25) is 19.3 Å². The van der Waals surface area contributed by atoms with E-state index in [1.54, 1.807) is 23.1 Å². The highest BCUT2D eigenvalue weighted by atomic mass is 32.2. The first kappa shape index (κ1) is 16.8. The van der Waals surface area contributed by atoms with Crippen LogP contribution < -0.4 is 0 Å². The first-order chi connectivity index (χ1) is 11.5. The zero-order valence-corrected chi connectivity index (χ0v) is 14.6. The average molecular weight is 348 g/mol. The highest BCUT2D eigenvalue weighted by molar-refractivity contribution is 8.18. The Balaban J connectivity index is 1.70. The number of hydrogen-bond donors (Lipinski definition) is 0. The minimum atomic E-state index is -0.433. The van der Waals surface area contributed by atoms with Crippen LogP contribution in [0.15, 0.2) is 21.5 Å². The van der Waals surface area contributed by atoms with Gasteiger partial charge in [-0.25, -0.2) is 0 Å². The molecule has 3 rings (SSSR count). The topological polar surface area (TPSA) is 70.8 Å². The summed E-state index contributed by atoms with van der Waals surface area (Å²) in [5.74, 6) is 0.653. The van der Waals surface area contributed by atoms with Crippen molar-refractivity contribution in [1.29, 1.82) is 0 Å². The van der Waals surface area contributed by atoms with Crippen LogP contribution in [0.2, 0.25) is 0 Å². The van der Waals surface area contributed by atoms with E-state index in [1.165, 1.54) is 0 Å². The van der Waals surface area contributed by atoms with Crippen LogP contribution >= 0.6 is 11.8 Å². The van der Waals surface area contributed by atoms with E-state index in [9.17, 15) is 14.4 Å². The monoisotopic (exact) mass is 348 g/mol. The summed E-state index contributed by atoms with van der Waals surface area (Å²) in [6, 6.07) is 3.69. The molecular formula is C17H20N2O4S. The Kier molecular flexibility index (Phi) is 4.80. The van der Waals surface area contributed by atoms with Crippen molar-refractivity contribution in [2.45, 2.75) is 39.2 Å². The van der Waals surface area contributed by atoms with Gasteiger partial charge in [-0.15, -0.1) is 0 Å². The van der Waals surface area contributed by atoms with E-state index in [4.69, 9.17) is 4.42 Å². The van der Waals surface area contributed by atoms with Gasteiger partial charge >= 0.3 is 0 Å². The van der Waals surface area contributed by atoms with E-state index in [2.05, 4.69) is 0 Å². The molecule has 0 spiro atoms. The van der Waals surface area contributed by atoms with Gasteiger partial charge in [-0.1, -0.05) is 0 Å². The number of furan rings is 1. The number of likely N-dealkylation sites (tertiary alicyclic amines) is 1. The fourth-order valence-corrected chi connectivity index (χ4v) is 3.81. The smallest absolute Gasteiger partial charge is 0.294 e. The number of imide groups is 1. The van der Waals surface area contributed by atoms with Crippen LogP contribution in [0, 0.1) is 6.92 Å². The van der Waals surface area contributed by atoms with Crippen LogP contribution in [-0.4, -0.2) is 46.0 Å². The Bertz CT molecular complexity index is 709. The van der Waals surface area contributed by atoms with Crippen LogP contribution in [0.1, 0.15) is 37.7 Å². The van der Waals surface area contributed by atoms with Gasteiger partial charge in [0.2, 0.25) is 5.91 Å². The molecule has 2 saturated heterocycles. The molecule has 24 heavy (non-hydrogen) atoms. The van der Waals surface area contributed by atoms with Crippen molar-refractivity contribution in [2.75, 3.05) is 13.1 Å². The molecule has 3 heterocycles. The molecule has 1 aromatic heterocycles. The van der Waals surface area contributed by atoms with E-state index >= 15 is 0 Å². The minimum absolute atomic E-state index is 0.160. The molecule has 2 aliphatic heterocycles. The maximum Gasteiger partial charge on any atom is 0.294 e. The van der Waals surface area contributed by atoms with E-state index in [1.807, 2.05) is 13.8 Å². The molecule has 2 aliphatic rings.